The summed E-state index contributed by atoms with van der Waals surface area (Å²) in [7, 11) is 1.59. The number of phenolic OH excluding ortho intramolecular Hbond substituents is 1. The Hall–Kier alpha value is -2.88. The number of aromatic nitrogens is 2. The van der Waals surface area contributed by atoms with Crippen LogP contribution in [0.1, 0.15) is 15.9 Å². The van der Waals surface area contributed by atoms with Crippen LogP contribution in [0.25, 0.3) is 0 Å². The smallest absolute Gasteiger partial charge is 0.259 e. The normalized spacial score (nSPS) is 9.95. The van der Waals surface area contributed by atoms with Crippen molar-refractivity contribution < 1.29 is 14.3 Å². The Morgan fingerprint density at radius 1 is 1.58 bits per heavy atom. The molecule has 1 amide bonds. The molecule has 1 heterocycles. The maximum absolute atomic E-state index is 13.5. The lowest BCUT2D eigenvalue weighted by molar-refractivity contribution is 0.102. The maximum Gasteiger partial charge on any atom is 0.259 e. The van der Waals surface area contributed by atoms with Crippen LogP contribution in [0, 0.1) is 17.1 Å². The second-order valence-corrected chi connectivity index (χ2v) is 3.80. The number of aromatic hydroxyl groups is 1. The van der Waals surface area contributed by atoms with Crippen molar-refractivity contribution in [1.82, 2.24) is 9.78 Å². The molecule has 1 aromatic heterocycles. The van der Waals surface area contributed by atoms with Crippen molar-refractivity contribution in [2.75, 3.05) is 5.32 Å². The predicted molar refractivity (Wildman–Crippen MR) is 63.9 cm³/mol. The molecule has 0 aliphatic carbocycles. The van der Waals surface area contributed by atoms with Gasteiger partial charge in [0.25, 0.3) is 5.91 Å². The average Bonchev–Trinajstić information content (AvgIpc) is 2.69. The molecule has 1 aromatic carbocycles. The minimum Gasteiger partial charge on any atom is -0.508 e. The summed E-state index contributed by atoms with van der Waals surface area (Å²) in [5, 5.41) is 24.1. The van der Waals surface area contributed by atoms with Gasteiger partial charge < -0.3 is 10.4 Å². The van der Waals surface area contributed by atoms with Crippen LogP contribution in [-0.4, -0.2) is 20.8 Å². The van der Waals surface area contributed by atoms with Crippen LogP contribution in [0.2, 0.25) is 0 Å². The summed E-state index contributed by atoms with van der Waals surface area (Å²) in [5.74, 6) is -1.81. The second kappa shape index (κ2) is 4.78. The fraction of sp³-hybridized carbons (Fsp3) is 0.0833. The molecule has 0 aliphatic heterocycles. The number of nitrogens with zero attached hydrogens (tertiary/aromatic N) is 3. The molecular weight excluding hydrogens is 251 g/mol. The molecular formula is C12H9FN4O2. The molecule has 2 N–H and O–H groups in total. The van der Waals surface area contributed by atoms with E-state index in [4.69, 9.17) is 10.4 Å². The summed E-state index contributed by atoms with van der Waals surface area (Å²) >= 11 is 0. The molecule has 0 radical (unpaired) electrons. The molecule has 0 saturated carbocycles. The number of hydrogen-bond donors (Lipinski definition) is 2. The van der Waals surface area contributed by atoms with E-state index < -0.39 is 11.7 Å². The zero-order chi connectivity index (χ0) is 14.0. The van der Waals surface area contributed by atoms with E-state index in [1.54, 1.807) is 7.05 Å². The Balaban J connectivity index is 2.28. The lowest BCUT2D eigenvalue weighted by atomic mass is 10.2. The number of amides is 1. The number of carbonyl (C=O) groups is 1. The number of halogens is 1. The first-order valence-electron chi connectivity index (χ1n) is 5.25. The number of nitriles is 1. The SMILES string of the molecule is Cn1cc(C#N)c(NC(=O)c2ccc(O)cc2F)n1. The Morgan fingerprint density at radius 2 is 2.32 bits per heavy atom. The lowest BCUT2D eigenvalue weighted by Gasteiger charge is -2.04. The van der Waals surface area contributed by atoms with Gasteiger partial charge in [-0.2, -0.15) is 10.4 Å². The molecule has 0 saturated heterocycles. The van der Waals surface area contributed by atoms with Crippen molar-refractivity contribution in [1.29, 1.82) is 5.26 Å². The summed E-state index contributed by atoms with van der Waals surface area (Å²) < 4.78 is 14.8. The van der Waals surface area contributed by atoms with Crippen LogP contribution in [0.15, 0.2) is 24.4 Å². The van der Waals surface area contributed by atoms with Gasteiger partial charge in [0.2, 0.25) is 0 Å². The van der Waals surface area contributed by atoms with Crippen LogP contribution < -0.4 is 5.32 Å². The molecule has 0 atom stereocenters. The van der Waals surface area contributed by atoms with Crippen molar-refractivity contribution >= 4 is 11.7 Å². The van der Waals surface area contributed by atoms with Gasteiger partial charge in [-0.1, -0.05) is 0 Å². The topological polar surface area (TPSA) is 90.9 Å². The average molecular weight is 260 g/mol. The minimum absolute atomic E-state index is 0.0578. The lowest BCUT2D eigenvalue weighted by Crippen LogP contribution is -2.15. The van der Waals surface area contributed by atoms with Gasteiger partial charge in [-0.3, -0.25) is 9.48 Å². The van der Waals surface area contributed by atoms with Gasteiger partial charge >= 0.3 is 0 Å². The predicted octanol–water partition coefficient (Wildman–Crippen LogP) is 1.39. The molecule has 6 nitrogen and oxygen atoms in total. The molecule has 0 fully saturated rings. The van der Waals surface area contributed by atoms with Gasteiger partial charge in [0.1, 0.15) is 23.2 Å². The summed E-state index contributed by atoms with van der Waals surface area (Å²) in [6.45, 7) is 0. The fourth-order valence-electron chi connectivity index (χ4n) is 1.53. The Bertz CT molecular complexity index is 688. The van der Waals surface area contributed by atoms with E-state index in [-0.39, 0.29) is 22.7 Å². The Kier molecular flexibility index (Phi) is 3.16. The minimum atomic E-state index is -0.855. The van der Waals surface area contributed by atoms with Gasteiger partial charge in [-0.05, 0) is 12.1 Å². The van der Waals surface area contributed by atoms with E-state index in [0.29, 0.717) is 0 Å². The first kappa shape index (κ1) is 12.6. The first-order chi connectivity index (χ1) is 9.01. The fourth-order valence-corrected chi connectivity index (χ4v) is 1.53. The summed E-state index contributed by atoms with van der Waals surface area (Å²) in [5.41, 5.74) is -0.0672. The highest BCUT2D eigenvalue weighted by Gasteiger charge is 2.16. The van der Waals surface area contributed by atoms with E-state index >= 15 is 0 Å². The number of hydrogen-bond acceptors (Lipinski definition) is 4. The van der Waals surface area contributed by atoms with E-state index in [1.807, 2.05) is 6.07 Å². The highest BCUT2D eigenvalue weighted by molar-refractivity contribution is 6.04. The summed E-state index contributed by atoms with van der Waals surface area (Å²) in [6.07, 6.45) is 1.43. The van der Waals surface area contributed by atoms with Crippen molar-refractivity contribution in [2.45, 2.75) is 0 Å². The van der Waals surface area contributed by atoms with Gasteiger partial charge in [0, 0.05) is 19.3 Å². The van der Waals surface area contributed by atoms with Crippen LogP contribution in [-0.2, 0) is 7.05 Å². The van der Waals surface area contributed by atoms with E-state index in [2.05, 4.69) is 10.4 Å². The Labute approximate surface area is 107 Å². The molecule has 0 unspecified atom stereocenters. The van der Waals surface area contributed by atoms with Crippen LogP contribution in [0.5, 0.6) is 5.75 Å². The number of aryl methyl sites for hydroxylation is 1. The largest absolute Gasteiger partial charge is 0.508 e. The summed E-state index contributed by atoms with van der Waals surface area (Å²) in [6, 6.07) is 5.04. The van der Waals surface area contributed by atoms with Gasteiger partial charge in [-0.25, -0.2) is 4.39 Å². The zero-order valence-electron chi connectivity index (χ0n) is 9.88. The molecule has 0 spiro atoms. The highest BCUT2D eigenvalue weighted by Crippen LogP contribution is 2.17. The van der Waals surface area contributed by atoms with E-state index in [1.165, 1.54) is 16.9 Å². The Morgan fingerprint density at radius 3 is 2.95 bits per heavy atom. The zero-order valence-corrected chi connectivity index (χ0v) is 9.88. The van der Waals surface area contributed by atoms with Gasteiger partial charge in [0.05, 0.1) is 5.56 Å². The van der Waals surface area contributed by atoms with Crippen molar-refractivity contribution in [3.8, 4) is 11.8 Å². The van der Waals surface area contributed by atoms with Gasteiger partial charge in [0.15, 0.2) is 5.82 Å². The highest BCUT2D eigenvalue weighted by atomic mass is 19.1. The number of carbonyl (C=O) groups excluding carboxylic acids is 1. The first-order valence-corrected chi connectivity index (χ1v) is 5.25. The molecule has 7 heteroatoms. The van der Waals surface area contributed by atoms with Crippen molar-refractivity contribution in [3.05, 3.63) is 41.3 Å². The molecule has 2 rings (SSSR count). The van der Waals surface area contributed by atoms with E-state index in [9.17, 15) is 9.18 Å². The number of phenols is 1. The third kappa shape index (κ3) is 2.52. The number of benzene rings is 1. The van der Waals surface area contributed by atoms with Crippen molar-refractivity contribution in [2.24, 2.45) is 7.05 Å². The number of anilines is 1. The second-order valence-electron chi connectivity index (χ2n) is 3.80. The van der Waals surface area contributed by atoms with Crippen LogP contribution in [0.3, 0.4) is 0 Å². The third-order valence-corrected chi connectivity index (χ3v) is 2.38. The maximum atomic E-state index is 13.5. The van der Waals surface area contributed by atoms with Crippen LogP contribution in [0.4, 0.5) is 10.2 Å². The number of nitrogens with one attached hydrogen (secondary N) is 1. The molecule has 0 bridgehead atoms. The standard InChI is InChI=1S/C12H9FN4O2/c1-17-6-7(5-14)11(16-17)15-12(19)9-3-2-8(18)4-10(9)13/h2-4,6,18H,1H3,(H,15,16,19). The summed E-state index contributed by atoms with van der Waals surface area (Å²) in [4.78, 5) is 11.8. The van der Waals surface area contributed by atoms with Gasteiger partial charge in [-0.15, -0.1) is 0 Å². The molecule has 2 aromatic rings. The third-order valence-electron chi connectivity index (χ3n) is 2.38. The molecule has 0 aliphatic rings. The quantitative estimate of drug-likeness (QED) is 0.853. The monoisotopic (exact) mass is 260 g/mol. The number of rotatable bonds is 2. The van der Waals surface area contributed by atoms with Crippen molar-refractivity contribution in [3.63, 3.8) is 0 Å². The molecule has 19 heavy (non-hydrogen) atoms. The van der Waals surface area contributed by atoms with E-state index in [0.717, 1.165) is 12.1 Å². The molecule has 96 valence electrons. The van der Waals surface area contributed by atoms with Crippen LogP contribution >= 0.6 is 0 Å².